The van der Waals surface area contributed by atoms with Crippen LogP contribution in [-0.4, -0.2) is 4.98 Å². The van der Waals surface area contributed by atoms with Gasteiger partial charge in [0.05, 0.1) is 0 Å². The minimum Gasteiger partial charge on any atom is -0.361 e. The lowest BCUT2D eigenvalue weighted by Gasteiger charge is -1.87. The lowest BCUT2D eigenvalue weighted by atomic mass is 10.2. The number of aromatic nitrogens is 1. The second kappa shape index (κ2) is 3.54. The van der Waals surface area contributed by atoms with E-state index < -0.39 is 0 Å². The highest BCUT2D eigenvalue weighted by molar-refractivity contribution is 5.78. The minimum atomic E-state index is -0.188. The molecule has 1 heterocycles. The molecule has 0 amide bonds. The molecular formula is C9H7FN2. The Kier molecular flexibility index (Phi) is 2.44. The maximum Gasteiger partial charge on any atom is 0.123 e. The predicted octanol–water partition coefficient (Wildman–Crippen LogP) is 2.45. The second-order valence-corrected chi connectivity index (χ2v) is 2.21. The molecule has 0 saturated heterocycles. The summed E-state index contributed by atoms with van der Waals surface area (Å²) in [7, 11) is 0. The molecule has 1 aromatic heterocycles. The minimum absolute atomic E-state index is 0.188. The van der Waals surface area contributed by atoms with Gasteiger partial charge in [0.25, 0.3) is 0 Å². The predicted molar refractivity (Wildman–Crippen MR) is 44.9 cm³/mol. The summed E-state index contributed by atoms with van der Waals surface area (Å²) >= 11 is 0. The molecule has 0 aliphatic heterocycles. The van der Waals surface area contributed by atoms with Crippen LogP contribution in [0.5, 0.6) is 0 Å². The topological polar surface area (TPSA) is 39.6 Å². The number of rotatable bonds is 0. The number of H-pyrrole nitrogens is 1. The number of fused-ring (bicyclic) bond motifs is 1. The molecule has 12 heavy (non-hydrogen) atoms. The maximum absolute atomic E-state index is 12.5. The molecule has 1 aromatic carbocycles. The second-order valence-electron chi connectivity index (χ2n) is 2.21. The van der Waals surface area contributed by atoms with E-state index in [1.54, 1.807) is 12.3 Å². The molecule has 0 aliphatic rings. The van der Waals surface area contributed by atoms with Gasteiger partial charge in [0.1, 0.15) is 5.82 Å². The molecule has 2 nitrogen and oxygen atoms in total. The number of halogens is 1. The van der Waals surface area contributed by atoms with Crippen molar-refractivity contribution in [2.75, 3.05) is 0 Å². The van der Waals surface area contributed by atoms with E-state index in [1.807, 2.05) is 6.07 Å². The molecule has 0 radical (unpaired) electrons. The first-order chi connectivity index (χ1) is 5.86. The summed E-state index contributed by atoms with van der Waals surface area (Å²) in [6.45, 7) is 3.50. The fourth-order valence-corrected chi connectivity index (χ4v) is 1.02. The van der Waals surface area contributed by atoms with Crippen LogP contribution in [0.25, 0.3) is 10.9 Å². The average Bonchev–Trinajstić information content (AvgIpc) is 2.54. The molecule has 0 fully saturated rings. The van der Waals surface area contributed by atoms with E-state index >= 15 is 0 Å². The van der Waals surface area contributed by atoms with Crippen LogP contribution < -0.4 is 0 Å². The Morgan fingerprint density at radius 1 is 1.25 bits per heavy atom. The summed E-state index contributed by atoms with van der Waals surface area (Å²) in [6, 6.07) is 6.52. The Labute approximate surface area is 69.3 Å². The molecule has 1 N–H and O–H groups in total. The summed E-state index contributed by atoms with van der Waals surface area (Å²) in [5.74, 6) is -0.188. The summed E-state index contributed by atoms with van der Waals surface area (Å²) in [6.07, 6.45) is 1.80. The highest BCUT2D eigenvalue weighted by atomic mass is 19.1. The first-order valence-corrected chi connectivity index (χ1v) is 3.35. The van der Waals surface area contributed by atoms with Gasteiger partial charge in [0.2, 0.25) is 0 Å². The summed E-state index contributed by atoms with van der Waals surface area (Å²) in [5, 5.41) is 7.42. The van der Waals surface area contributed by atoms with Crippen molar-refractivity contribution in [1.29, 1.82) is 5.26 Å². The van der Waals surface area contributed by atoms with E-state index in [1.165, 1.54) is 12.1 Å². The van der Waals surface area contributed by atoms with Crippen molar-refractivity contribution in [3.63, 3.8) is 0 Å². The molecule has 2 aromatic rings. The Hall–Kier alpha value is -1.82. The van der Waals surface area contributed by atoms with Crippen LogP contribution >= 0.6 is 0 Å². The van der Waals surface area contributed by atoms with Crippen LogP contribution in [0.15, 0.2) is 30.5 Å². The number of nitrogens with one attached hydrogen (secondary N) is 1. The van der Waals surface area contributed by atoms with E-state index in [0.717, 1.165) is 10.9 Å². The molecule has 0 bridgehead atoms. The van der Waals surface area contributed by atoms with Gasteiger partial charge < -0.3 is 4.98 Å². The smallest absolute Gasteiger partial charge is 0.123 e. The molecule has 3 heteroatoms. The van der Waals surface area contributed by atoms with Crippen LogP contribution in [0.1, 0.15) is 0 Å². The average molecular weight is 162 g/mol. The fourth-order valence-electron chi connectivity index (χ4n) is 1.02. The van der Waals surface area contributed by atoms with Crippen molar-refractivity contribution < 1.29 is 4.39 Å². The van der Waals surface area contributed by atoms with Crippen LogP contribution in [-0.2, 0) is 0 Å². The Balaban J connectivity index is 0.000000336. The van der Waals surface area contributed by atoms with Crippen LogP contribution in [0.3, 0.4) is 0 Å². The van der Waals surface area contributed by atoms with E-state index in [-0.39, 0.29) is 5.82 Å². The van der Waals surface area contributed by atoms with E-state index in [0.29, 0.717) is 0 Å². The Morgan fingerprint density at radius 3 is 2.75 bits per heavy atom. The third kappa shape index (κ3) is 1.43. The molecule has 60 valence electrons. The number of benzene rings is 1. The summed E-state index contributed by atoms with van der Waals surface area (Å²) in [5.41, 5.74) is 0.974. The largest absolute Gasteiger partial charge is 0.361 e. The van der Waals surface area contributed by atoms with Crippen molar-refractivity contribution in [3.8, 4) is 6.57 Å². The Morgan fingerprint density at radius 2 is 2.00 bits per heavy atom. The van der Waals surface area contributed by atoms with Crippen molar-refractivity contribution in [2.24, 2.45) is 0 Å². The molecule has 0 atom stereocenters. The SMILES string of the molecule is C#N.Fc1ccc2[nH]ccc2c1. The highest BCUT2D eigenvalue weighted by Crippen LogP contribution is 2.12. The first kappa shape index (κ1) is 8.28. The molecule has 2 rings (SSSR count). The molecule has 0 spiro atoms. The van der Waals surface area contributed by atoms with Gasteiger partial charge in [-0.25, -0.2) is 9.65 Å². The summed E-state index contributed by atoms with van der Waals surface area (Å²) < 4.78 is 12.5. The van der Waals surface area contributed by atoms with Gasteiger partial charge in [-0.2, -0.15) is 0 Å². The monoisotopic (exact) mass is 162 g/mol. The van der Waals surface area contributed by atoms with E-state index in [9.17, 15) is 4.39 Å². The van der Waals surface area contributed by atoms with Gasteiger partial charge >= 0.3 is 0 Å². The number of nitriles is 1. The van der Waals surface area contributed by atoms with Crippen LogP contribution in [0.4, 0.5) is 4.39 Å². The van der Waals surface area contributed by atoms with Gasteiger partial charge in [-0.3, -0.25) is 0 Å². The molecule has 0 unspecified atom stereocenters. The number of aromatic amines is 1. The molecule has 0 aliphatic carbocycles. The molecule has 0 saturated carbocycles. The van der Waals surface area contributed by atoms with Crippen molar-refractivity contribution in [2.45, 2.75) is 0 Å². The van der Waals surface area contributed by atoms with Crippen molar-refractivity contribution in [3.05, 3.63) is 36.3 Å². The molecular weight excluding hydrogens is 155 g/mol. The quantitative estimate of drug-likeness (QED) is 0.634. The first-order valence-electron chi connectivity index (χ1n) is 3.35. The van der Waals surface area contributed by atoms with Crippen molar-refractivity contribution >= 4 is 10.9 Å². The number of hydrogen-bond donors (Lipinski definition) is 1. The third-order valence-electron chi connectivity index (χ3n) is 1.52. The third-order valence-corrected chi connectivity index (χ3v) is 1.52. The zero-order valence-electron chi connectivity index (χ0n) is 6.29. The zero-order chi connectivity index (χ0) is 8.97. The summed E-state index contributed by atoms with van der Waals surface area (Å²) in [4.78, 5) is 2.98. The van der Waals surface area contributed by atoms with Gasteiger partial charge in [0.15, 0.2) is 0 Å². The van der Waals surface area contributed by atoms with Gasteiger partial charge in [0, 0.05) is 23.7 Å². The fraction of sp³-hybridized carbons (Fsp3) is 0. The highest BCUT2D eigenvalue weighted by Gasteiger charge is 1.93. The van der Waals surface area contributed by atoms with Crippen molar-refractivity contribution in [1.82, 2.24) is 4.98 Å². The standard InChI is InChI=1S/C8H6FN.CHN/c9-7-1-2-8-6(5-7)3-4-10-8;1-2/h1-5,10H;1H. The lowest BCUT2D eigenvalue weighted by molar-refractivity contribution is 0.630. The Bertz CT molecular complexity index is 389. The van der Waals surface area contributed by atoms with E-state index in [2.05, 4.69) is 11.6 Å². The normalized spacial score (nSPS) is 8.92. The van der Waals surface area contributed by atoms with Gasteiger partial charge in [-0.05, 0) is 24.3 Å². The van der Waals surface area contributed by atoms with Crippen LogP contribution in [0, 0.1) is 17.7 Å². The van der Waals surface area contributed by atoms with Gasteiger partial charge in [-0.15, -0.1) is 0 Å². The van der Waals surface area contributed by atoms with Crippen LogP contribution in [0.2, 0.25) is 0 Å². The van der Waals surface area contributed by atoms with Gasteiger partial charge in [-0.1, -0.05) is 0 Å². The maximum atomic E-state index is 12.5. The number of nitrogens with zero attached hydrogens (tertiary/aromatic N) is 1. The zero-order valence-corrected chi connectivity index (χ0v) is 6.29. The number of hydrogen-bond acceptors (Lipinski definition) is 1. The van der Waals surface area contributed by atoms with E-state index in [4.69, 9.17) is 5.26 Å². The lowest BCUT2D eigenvalue weighted by Crippen LogP contribution is -1.70.